The third kappa shape index (κ3) is 5.08. The van der Waals surface area contributed by atoms with Gasteiger partial charge < -0.3 is 4.90 Å². The monoisotopic (exact) mass is 651 g/mol. The molecule has 1 nitrogen and oxygen atoms in total. The molecule has 0 spiro atoms. The van der Waals surface area contributed by atoms with Gasteiger partial charge in [0, 0.05) is 17.1 Å². The van der Waals surface area contributed by atoms with Crippen molar-refractivity contribution in [3.63, 3.8) is 0 Å². The third-order valence-electron chi connectivity index (χ3n) is 10.9. The van der Waals surface area contributed by atoms with Crippen molar-refractivity contribution in [3.05, 3.63) is 198 Å². The summed E-state index contributed by atoms with van der Waals surface area (Å²) >= 11 is 0. The Morgan fingerprint density at radius 1 is 0.451 bits per heavy atom. The Kier molecular flexibility index (Phi) is 7.17. The molecule has 0 aromatic heterocycles. The van der Waals surface area contributed by atoms with E-state index < -0.39 is 0 Å². The van der Waals surface area contributed by atoms with E-state index in [9.17, 15) is 0 Å². The molecule has 51 heavy (non-hydrogen) atoms. The van der Waals surface area contributed by atoms with Gasteiger partial charge in [-0.05, 0) is 145 Å². The van der Waals surface area contributed by atoms with Crippen molar-refractivity contribution in [2.45, 2.75) is 25.7 Å². The highest BCUT2D eigenvalue weighted by molar-refractivity contribution is 6.25. The summed E-state index contributed by atoms with van der Waals surface area (Å²) in [5.74, 6) is 0. The van der Waals surface area contributed by atoms with Gasteiger partial charge in [-0.3, -0.25) is 0 Å². The van der Waals surface area contributed by atoms with E-state index in [0.717, 1.165) is 25.7 Å². The molecule has 0 radical (unpaired) electrons. The number of allylic oxidation sites excluding steroid dienone is 5. The molecule has 0 aliphatic heterocycles. The lowest BCUT2D eigenvalue weighted by molar-refractivity contribution is 0.918. The predicted octanol–water partition coefficient (Wildman–Crippen LogP) is 13.7. The zero-order chi connectivity index (χ0) is 33.7. The molecule has 8 aromatic carbocycles. The zero-order valence-electron chi connectivity index (χ0n) is 28.5. The largest absolute Gasteiger partial charge is 0.314 e. The first-order valence-corrected chi connectivity index (χ1v) is 18.2. The average molecular weight is 652 g/mol. The Balaban J connectivity index is 1.14. The summed E-state index contributed by atoms with van der Waals surface area (Å²) in [5, 5.41) is 10.3. The average Bonchev–Trinajstić information content (AvgIpc) is 3.20. The van der Waals surface area contributed by atoms with E-state index in [2.05, 4.69) is 181 Å². The van der Waals surface area contributed by atoms with Crippen LogP contribution in [0.4, 0.5) is 11.4 Å². The molecule has 2 aliphatic carbocycles. The second-order valence-electron chi connectivity index (χ2n) is 13.9. The molecule has 8 aromatic rings. The second kappa shape index (κ2) is 12.3. The fraction of sp³-hybridized carbons (Fsp3) is 0.0800. The molecule has 0 fully saturated rings. The molecule has 2 aliphatic rings. The van der Waals surface area contributed by atoms with Crippen LogP contribution in [0.1, 0.15) is 36.0 Å². The van der Waals surface area contributed by atoms with Gasteiger partial charge in [0.1, 0.15) is 0 Å². The smallest absolute Gasteiger partial charge is 0.0464 e. The van der Waals surface area contributed by atoms with E-state index in [1.54, 1.807) is 0 Å². The number of anilines is 2. The summed E-state index contributed by atoms with van der Waals surface area (Å²) in [5.41, 5.74) is 11.7. The van der Waals surface area contributed by atoms with E-state index in [1.807, 2.05) is 0 Å². The maximum atomic E-state index is 2.46. The minimum atomic E-state index is 1.01. The number of rotatable bonds is 5. The van der Waals surface area contributed by atoms with Gasteiger partial charge in [0.2, 0.25) is 0 Å². The summed E-state index contributed by atoms with van der Waals surface area (Å²) in [6.45, 7) is 0. The SMILES string of the molecule is C1=CCCC(N(c2ccc(-c3cc4cc(C5=CCCc6ccccc65)c5ccccc5c4c4ccccc34)cc2)c2ccc3ccccc3c2)=C1. The number of hydrogen-bond acceptors (Lipinski definition) is 1. The summed E-state index contributed by atoms with van der Waals surface area (Å²) < 4.78 is 0. The van der Waals surface area contributed by atoms with Gasteiger partial charge in [0.15, 0.2) is 0 Å². The van der Waals surface area contributed by atoms with Crippen molar-refractivity contribution in [2.75, 3.05) is 4.90 Å². The fourth-order valence-electron chi connectivity index (χ4n) is 8.54. The normalized spacial score (nSPS) is 14.1. The van der Waals surface area contributed by atoms with Crippen LogP contribution < -0.4 is 4.90 Å². The van der Waals surface area contributed by atoms with Crippen LogP contribution in [0.15, 0.2) is 182 Å². The summed E-state index contributed by atoms with van der Waals surface area (Å²) in [7, 11) is 0. The fourth-order valence-corrected chi connectivity index (χ4v) is 8.54. The molecule has 0 unspecified atom stereocenters. The van der Waals surface area contributed by atoms with Crippen LogP contribution in [0.3, 0.4) is 0 Å². The van der Waals surface area contributed by atoms with Gasteiger partial charge in [-0.25, -0.2) is 0 Å². The van der Waals surface area contributed by atoms with E-state index >= 15 is 0 Å². The van der Waals surface area contributed by atoms with Crippen molar-refractivity contribution < 1.29 is 0 Å². The minimum absolute atomic E-state index is 1.01. The second-order valence-corrected chi connectivity index (χ2v) is 13.9. The van der Waals surface area contributed by atoms with Gasteiger partial charge in [-0.2, -0.15) is 0 Å². The molecule has 0 amide bonds. The lowest BCUT2D eigenvalue weighted by Crippen LogP contribution is -2.17. The van der Waals surface area contributed by atoms with Crippen LogP contribution in [-0.2, 0) is 6.42 Å². The van der Waals surface area contributed by atoms with Crippen LogP contribution in [0.25, 0.3) is 59.8 Å². The summed E-state index contributed by atoms with van der Waals surface area (Å²) in [4.78, 5) is 2.44. The molecule has 0 N–H and O–H groups in total. The van der Waals surface area contributed by atoms with Crippen LogP contribution in [0.5, 0.6) is 0 Å². The molecule has 242 valence electrons. The zero-order valence-corrected chi connectivity index (χ0v) is 28.5. The molecule has 0 bridgehead atoms. The molecular formula is C50H37N. The number of hydrogen-bond donors (Lipinski definition) is 0. The standard InChI is InChI=1S/C50H37N/c1-2-17-39(18-3-1)51(41-30-25-34-13-4-5-15-37(34)31-41)40-28-26-36(27-29-40)48-32-38-33-49(43-24-12-16-35-14-6-7-19-42(35)43)45-21-9-11-23-47(45)50(38)46-22-10-8-20-44(46)48/h1-2,4-11,13-15,17,19-33H,3,12,16,18H2. The first-order chi connectivity index (χ1) is 25.3. The van der Waals surface area contributed by atoms with Crippen LogP contribution >= 0.6 is 0 Å². The highest BCUT2D eigenvalue weighted by Crippen LogP contribution is 2.44. The molecule has 10 rings (SSSR count). The Hall–Kier alpha value is -6.18. The number of benzene rings is 8. The Morgan fingerprint density at radius 3 is 1.90 bits per heavy atom. The van der Waals surface area contributed by atoms with Gasteiger partial charge in [-0.1, -0.05) is 133 Å². The van der Waals surface area contributed by atoms with Crippen molar-refractivity contribution in [3.8, 4) is 11.1 Å². The van der Waals surface area contributed by atoms with E-state index in [0.29, 0.717) is 0 Å². The third-order valence-corrected chi connectivity index (χ3v) is 10.9. The number of aryl methyl sites for hydroxylation is 1. The van der Waals surface area contributed by atoms with Crippen molar-refractivity contribution in [2.24, 2.45) is 0 Å². The highest BCUT2D eigenvalue weighted by atomic mass is 15.1. The van der Waals surface area contributed by atoms with Crippen LogP contribution in [-0.4, -0.2) is 0 Å². The number of fused-ring (bicyclic) bond motifs is 7. The maximum absolute atomic E-state index is 2.46. The summed E-state index contributed by atoms with van der Waals surface area (Å²) in [6, 6.07) is 56.5. The van der Waals surface area contributed by atoms with Crippen molar-refractivity contribution in [1.29, 1.82) is 0 Å². The highest BCUT2D eigenvalue weighted by Gasteiger charge is 2.20. The van der Waals surface area contributed by atoms with Crippen LogP contribution in [0, 0.1) is 0 Å². The van der Waals surface area contributed by atoms with Gasteiger partial charge in [0.05, 0.1) is 0 Å². The van der Waals surface area contributed by atoms with Crippen LogP contribution in [0.2, 0.25) is 0 Å². The Bertz CT molecular complexity index is 2740. The van der Waals surface area contributed by atoms with Gasteiger partial charge in [0.25, 0.3) is 0 Å². The lowest BCUT2D eigenvalue weighted by atomic mass is 9.82. The van der Waals surface area contributed by atoms with Crippen molar-refractivity contribution >= 4 is 60.0 Å². The van der Waals surface area contributed by atoms with Gasteiger partial charge >= 0.3 is 0 Å². The molecule has 0 atom stereocenters. The quantitative estimate of drug-likeness (QED) is 0.167. The molecule has 0 heterocycles. The van der Waals surface area contributed by atoms with E-state index in [4.69, 9.17) is 0 Å². The molecule has 1 heteroatoms. The predicted molar refractivity (Wildman–Crippen MR) is 219 cm³/mol. The topological polar surface area (TPSA) is 3.24 Å². The van der Waals surface area contributed by atoms with E-state index in [-0.39, 0.29) is 0 Å². The maximum Gasteiger partial charge on any atom is 0.0464 e. The first-order valence-electron chi connectivity index (χ1n) is 18.2. The molecule has 0 saturated heterocycles. The van der Waals surface area contributed by atoms with Crippen molar-refractivity contribution in [1.82, 2.24) is 0 Å². The van der Waals surface area contributed by atoms with Gasteiger partial charge in [-0.15, -0.1) is 0 Å². The Labute approximate surface area is 299 Å². The summed E-state index contributed by atoms with van der Waals surface area (Å²) in [6.07, 6.45) is 13.4. The van der Waals surface area contributed by atoms with E-state index in [1.165, 1.54) is 93.6 Å². The lowest BCUT2D eigenvalue weighted by Gasteiger charge is -2.29. The minimum Gasteiger partial charge on any atom is -0.314 e. The molecular weight excluding hydrogens is 615 g/mol. The molecule has 0 saturated carbocycles. The Morgan fingerprint density at radius 2 is 1.12 bits per heavy atom. The number of nitrogens with zero attached hydrogens (tertiary/aromatic N) is 1. The first kappa shape index (κ1) is 29.7.